The van der Waals surface area contributed by atoms with Gasteiger partial charge in [-0.05, 0) is 32.9 Å². The largest absolute Gasteiger partial charge is 0.334 e. The molecule has 1 fully saturated rings. The SMILES string of the molecule is CCCn1ccnc1CNCC1CCCN1C. The summed E-state index contributed by atoms with van der Waals surface area (Å²) in [6, 6.07) is 0.713. The molecule has 1 aromatic rings. The van der Waals surface area contributed by atoms with E-state index < -0.39 is 0 Å². The van der Waals surface area contributed by atoms with Gasteiger partial charge in [0.2, 0.25) is 0 Å². The zero-order valence-corrected chi connectivity index (χ0v) is 11.0. The second-order valence-corrected chi connectivity index (χ2v) is 4.94. The highest BCUT2D eigenvalue weighted by Gasteiger charge is 2.19. The Morgan fingerprint density at radius 2 is 2.41 bits per heavy atom. The van der Waals surface area contributed by atoms with Crippen molar-refractivity contribution in [2.24, 2.45) is 0 Å². The summed E-state index contributed by atoms with van der Waals surface area (Å²) in [6.45, 7) is 6.48. The lowest BCUT2D eigenvalue weighted by atomic mass is 10.2. The molecular formula is C13H24N4. The zero-order valence-electron chi connectivity index (χ0n) is 11.0. The molecule has 96 valence electrons. The number of hydrogen-bond acceptors (Lipinski definition) is 3. The van der Waals surface area contributed by atoms with Crippen molar-refractivity contribution in [3.05, 3.63) is 18.2 Å². The van der Waals surface area contributed by atoms with E-state index in [0.717, 1.165) is 31.9 Å². The monoisotopic (exact) mass is 236 g/mol. The molecule has 0 radical (unpaired) electrons. The van der Waals surface area contributed by atoms with E-state index in [0.29, 0.717) is 6.04 Å². The number of aromatic nitrogens is 2. The Balaban J connectivity index is 1.75. The van der Waals surface area contributed by atoms with Crippen LogP contribution >= 0.6 is 0 Å². The van der Waals surface area contributed by atoms with Crippen LogP contribution in [-0.4, -0.2) is 40.6 Å². The Hall–Kier alpha value is -0.870. The van der Waals surface area contributed by atoms with Crippen LogP contribution in [0.4, 0.5) is 0 Å². The molecule has 1 aliphatic heterocycles. The van der Waals surface area contributed by atoms with Gasteiger partial charge in [0.1, 0.15) is 5.82 Å². The van der Waals surface area contributed by atoms with E-state index in [4.69, 9.17) is 0 Å². The number of likely N-dealkylation sites (tertiary alicyclic amines) is 1. The van der Waals surface area contributed by atoms with Crippen LogP contribution in [0.15, 0.2) is 12.4 Å². The van der Waals surface area contributed by atoms with E-state index in [1.165, 1.54) is 19.4 Å². The molecule has 2 heterocycles. The summed E-state index contributed by atoms with van der Waals surface area (Å²) in [5.74, 6) is 1.16. The molecule has 1 aliphatic rings. The number of nitrogens with one attached hydrogen (secondary N) is 1. The van der Waals surface area contributed by atoms with E-state index in [-0.39, 0.29) is 0 Å². The zero-order chi connectivity index (χ0) is 12.1. The summed E-state index contributed by atoms with van der Waals surface area (Å²) in [5.41, 5.74) is 0. The van der Waals surface area contributed by atoms with Gasteiger partial charge in [-0.3, -0.25) is 0 Å². The highest BCUT2D eigenvalue weighted by atomic mass is 15.2. The van der Waals surface area contributed by atoms with Gasteiger partial charge in [-0.25, -0.2) is 4.98 Å². The van der Waals surface area contributed by atoms with Crippen LogP contribution in [0.1, 0.15) is 32.0 Å². The van der Waals surface area contributed by atoms with Gasteiger partial charge in [0.05, 0.1) is 6.54 Å². The van der Waals surface area contributed by atoms with Crippen molar-refractivity contribution in [2.75, 3.05) is 20.1 Å². The molecule has 1 unspecified atom stereocenters. The molecule has 0 bridgehead atoms. The summed E-state index contributed by atoms with van der Waals surface area (Å²) >= 11 is 0. The Morgan fingerprint density at radius 3 is 3.12 bits per heavy atom. The molecule has 0 amide bonds. The van der Waals surface area contributed by atoms with Crippen LogP contribution in [0.2, 0.25) is 0 Å². The highest BCUT2D eigenvalue weighted by Crippen LogP contribution is 2.13. The molecule has 0 aliphatic carbocycles. The number of imidazole rings is 1. The minimum absolute atomic E-state index is 0.713. The third-order valence-corrected chi connectivity index (χ3v) is 3.60. The van der Waals surface area contributed by atoms with Gasteiger partial charge in [0.15, 0.2) is 0 Å². The molecule has 1 aromatic heterocycles. The molecule has 17 heavy (non-hydrogen) atoms. The summed E-state index contributed by atoms with van der Waals surface area (Å²) in [7, 11) is 2.22. The first kappa shape index (κ1) is 12.6. The van der Waals surface area contributed by atoms with Crippen molar-refractivity contribution in [1.82, 2.24) is 19.8 Å². The number of nitrogens with zero attached hydrogens (tertiary/aromatic N) is 3. The van der Waals surface area contributed by atoms with E-state index in [1.807, 2.05) is 6.20 Å². The van der Waals surface area contributed by atoms with Crippen molar-refractivity contribution in [1.29, 1.82) is 0 Å². The summed E-state index contributed by atoms with van der Waals surface area (Å²) in [4.78, 5) is 6.85. The normalized spacial score (nSPS) is 21.2. The molecule has 1 saturated heterocycles. The minimum Gasteiger partial charge on any atom is -0.334 e. The first-order valence-electron chi connectivity index (χ1n) is 6.72. The van der Waals surface area contributed by atoms with Crippen molar-refractivity contribution >= 4 is 0 Å². The second-order valence-electron chi connectivity index (χ2n) is 4.94. The maximum absolute atomic E-state index is 4.40. The van der Waals surface area contributed by atoms with Crippen molar-refractivity contribution in [3.8, 4) is 0 Å². The van der Waals surface area contributed by atoms with Gasteiger partial charge in [0, 0.05) is 31.5 Å². The van der Waals surface area contributed by atoms with Gasteiger partial charge in [-0.15, -0.1) is 0 Å². The highest BCUT2D eigenvalue weighted by molar-refractivity contribution is 4.92. The molecule has 2 rings (SSSR count). The Labute approximate surface area is 104 Å². The number of aryl methyl sites for hydroxylation is 1. The lowest BCUT2D eigenvalue weighted by molar-refractivity contribution is 0.299. The maximum Gasteiger partial charge on any atom is 0.122 e. The second kappa shape index (κ2) is 6.17. The molecule has 1 atom stereocenters. The Morgan fingerprint density at radius 1 is 1.53 bits per heavy atom. The molecule has 0 spiro atoms. The van der Waals surface area contributed by atoms with E-state index in [1.54, 1.807) is 0 Å². The van der Waals surface area contributed by atoms with Gasteiger partial charge in [0.25, 0.3) is 0 Å². The first-order valence-corrected chi connectivity index (χ1v) is 6.72. The molecule has 0 aromatic carbocycles. The number of hydrogen-bond donors (Lipinski definition) is 1. The average molecular weight is 236 g/mol. The van der Waals surface area contributed by atoms with Gasteiger partial charge < -0.3 is 14.8 Å². The summed E-state index contributed by atoms with van der Waals surface area (Å²) in [6.07, 6.45) is 7.80. The fourth-order valence-corrected chi connectivity index (χ4v) is 2.54. The quantitative estimate of drug-likeness (QED) is 0.812. The van der Waals surface area contributed by atoms with Crippen molar-refractivity contribution < 1.29 is 0 Å². The number of likely N-dealkylation sites (N-methyl/N-ethyl adjacent to an activating group) is 1. The van der Waals surface area contributed by atoms with E-state index in [9.17, 15) is 0 Å². The third kappa shape index (κ3) is 3.30. The lowest BCUT2D eigenvalue weighted by Gasteiger charge is -2.19. The van der Waals surface area contributed by atoms with Crippen LogP contribution in [-0.2, 0) is 13.1 Å². The molecule has 1 N–H and O–H groups in total. The van der Waals surface area contributed by atoms with E-state index in [2.05, 4.69) is 39.9 Å². The predicted octanol–water partition coefficient (Wildman–Crippen LogP) is 1.48. The van der Waals surface area contributed by atoms with Crippen LogP contribution in [0.3, 0.4) is 0 Å². The molecule has 4 nitrogen and oxygen atoms in total. The van der Waals surface area contributed by atoms with Crippen LogP contribution in [0.5, 0.6) is 0 Å². The molecular weight excluding hydrogens is 212 g/mol. The van der Waals surface area contributed by atoms with Gasteiger partial charge in [-0.2, -0.15) is 0 Å². The standard InChI is InChI=1S/C13H24N4/c1-3-7-17-9-6-15-13(17)11-14-10-12-5-4-8-16(12)2/h6,9,12,14H,3-5,7-8,10-11H2,1-2H3. The lowest BCUT2D eigenvalue weighted by Crippen LogP contribution is -2.35. The van der Waals surface area contributed by atoms with Crippen molar-refractivity contribution in [3.63, 3.8) is 0 Å². The van der Waals surface area contributed by atoms with Crippen LogP contribution < -0.4 is 5.32 Å². The maximum atomic E-state index is 4.40. The molecule has 4 heteroatoms. The Kier molecular flexibility index (Phi) is 4.57. The van der Waals surface area contributed by atoms with Gasteiger partial charge >= 0.3 is 0 Å². The minimum atomic E-state index is 0.713. The summed E-state index contributed by atoms with van der Waals surface area (Å²) < 4.78 is 2.24. The van der Waals surface area contributed by atoms with Crippen molar-refractivity contribution in [2.45, 2.75) is 45.3 Å². The fourth-order valence-electron chi connectivity index (χ4n) is 2.54. The summed E-state index contributed by atoms with van der Waals surface area (Å²) in [5, 5.41) is 3.53. The van der Waals surface area contributed by atoms with E-state index >= 15 is 0 Å². The van der Waals surface area contributed by atoms with Gasteiger partial charge in [-0.1, -0.05) is 6.92 Å². The predicted molar refractivity (Wildman–Crippen MR) is 69.9 cm³/mol. The average Bonchev–Trinajstić information content (AvgIpc) is 2.90. The first-order chi connectivity index (χ1) is 8.31. The van der Waals surface area contributed by atoms with Crippen LogP contribution in [0.25, 0.3) is 0 Å². The smallest absolute Gasteiger partial charge is 0.122 e. The Bertz CT molecular complexity index is 334. The van der Waals surface area contributed by atoms with Crippen LogP contribution in [0, 0.1) is 0 Å². The topological polar surface area (TPSA) is 33.1 Å². The third-order valence-electron chi connectivity index (χ3n) is 3.60. The number of rotatable bonds is 6. The molecule has 0 saturated carbocycles. The fraction of sp³-hybridized carbons (Fsp3) is 0.769.